The highest BCUT2D eigenvalue weighted by Crippen LogP contribution is 2.26. The van der Waals surface area contributed by atoms with Crippen molar-refractivity contribution in [2.24, 2.45) is 0 Å². The van der Waals surface area contributed by atoms with Gasteiger partial charge in [-0.2, -0.15) is 0 Å². The van der Waals surface area contributed by atoms with Crippen molar-refractivity contribution < 1.29 is 0 Å². The molecule has 23 heavy (non-hydrogen) atoms. The molecular weight excluding hydrogens is 282 g/mol. The van der Waals surface area contributed by atoms with Crippen molar-refractivity contribution in [1.29, 1.82) is 0 Å². The van der Waals surface area contributed by atoms with Crippen LogP contribution in [-0.4, -0.2) is 29.0 Å². The third-order valence-electron chi connectivity index (χ3n) is 4.28. The van der Waals surface area contributed by atoms with Crippen molar-refractivity contribution in [2.75, 3.05) is 14.1 Å². The molecule has 3 nitrogen and oxygen atoms in total. The number of benzene rings is 2. The summed E-state index contributed by atoms with van der Waals surface area (Å²) >= 11 is 0. The fourth-order valence-electron chi connectivity index (χ4n) is 2.56. The minimum atomic E-state index is 0.421. The first-order valence-corrected chi connectivity index (χ1v) is 7.77. The summed E-state index contributed by atoms with van der Waals surface area (Å²) in [5.74, 6) is 0. The van der Waals surface area contributed by atoms with Gasteiger partial charge in [-0.05, 0) is 43.3 Å². The molecule has 3 aromatic rings. The maximum atomic E-state index is 4.07. The largest absolute Gasteiger partial charge is 0.303 e. The topological polar surface area (TPSA) is 29.0 Å². The zero-order valence-corrected chi connectivity index (χ0v) is 13.8. The van der Waals surface area contributed by atoms with Gasteiger partial charge in [0.2, 0.25) is 0 Å². The number of aromatic nitrogens is 2. The SMILES string of the molecule is CC(c1ccc(-c2ccc(-c3cncnc3)cc2)cc1)N(C)C. The Bertz CT molecular complexity index is 747. The van der Waals surface area contributed by atoms with Crippen molar-refractivity contribution in [3.05, 3.63) is 72.8 Å². The highest BCUT2D eigenvalue weighted by Gasteiger charge is 2.07. The molecule has 3 rings (SSSR count). The molecular formula is C20H21N3. The highest BCUT2D eigenvalue weighted by atomic mass is 15.1. The van der Waals surface area contributed by atoms with Gasteiger partial charge in [-0.1, -0.05) is 48.5 Å². The summed E-state index contributed by atoms with van der Waals surface area (Å²) in [6, 6.07) is 17.7. The van der Waals surface area contributed by atoms with Gasteiger partial charge in [0, 0.05) is 24.0 Å². The Morgan fingerprint density at radius 3 is 1.61 bits per heavy atom. The van der Waals surface area contributed by atoms with Crippen LogP contribution in [0.5, 0.6) is 0 Å². The van der Waals surface area contributed by atoms with E-state index >= 15 is 0 Å². The highest BCUT2D eigenvalue weighted by molar-refractivity contribution is 5.69. The van der Waals surface area contributed by atoms with Crippen molar-refractivity contribution in [2.45, 2.75) is 13.0 Å². The van der Waals surface area contributed by atoms with E-state index in [1.807, 2.05) is 12.4 Å². The molecule has 0 spiro atoms. The predicted molar refractivity (Wildman–Crippen MR) is 95.0 cm³/mol. The molecule has 1 heterocycles. The summed E-state index contributed by atoms with van der Waals surface area (Å²) in [6.07, 6.45) is 5.22. The van der Waals surface area contributed by atoms with Crippen molar-refractivity contribution in [1.82, 2.24) is 14.9 Å². The number of hydrogen-bond acceptors (Lipinski definition) is 3. The van der Waals surface area contributed by atoms with Crippen LogP contribution < -0.4 is 0 Å². The van der Waals surface area contributed by atoms with Crippen LogP contribution in [0.2, 0.25) is 0 Å². The molecule has 1 aromatic heterocycles. The first kappa shape index (κ1) is 15.4. The second-order valence-corrected chi connectivity index (χ2v) is 5.97. The fraction of sp³-hybridized carbons (Fsp3) is 0.200. The molecule has 0 aliphatic rings. The van der Waals surface area contributed by atoms with Gasteiger partial charge in [-0.3, -0.25) is 0 Å². The molecule has 0 N–H and O–H groups in total. The number of nitrogens with zero attached hydrogens (tertiary/aromatic N) is 3. The number of rotatable bonds is 4. The minimum Gasteiger partial charge on any atom is -0.303 e. The van der Waals surface area contributed by atoms with Gasteiger partial charge in [-0.15, -0.1) is 0 Å². The Balaban J connectivity index is 1.82. The van der Waals surface area contributed by atoms with Gasteiger partial charge in [0.15, 0.2) is 0 Å². The van der Waals surface area contributed by atoms with E-state index in [0.717, 1.165) is 11.1 Å². The Labute approximate surface area is 137 Å². The van der Waals surface area contributed by atoms with Crippen molar-refractivity contribution in [3.8, 4) is 22.3 Å². The second kappa shape index (κ2) is 6.71. The zero-order chi connectivity index (χ0) is 16.2. The first-order valence-electron chi connectivity index (χ1n) is 7.77. The zero-order valence-electron chi connectivity index (χ0n) is 13.8. The first-order chi connectivity index (χ1) is 11.1. The summed E-state index contributed by atoms with van der Waals surface area (Å²) in [4.78, 5) is 10.3. The maximum Gasteiger partial charge on any atom is 0.115 e. The monoisotopic (exact) mass is 303 g/mol. The van der Waals surface area contributed by atoms with E-state index in [-0.39, 0.29) is 0 Å². The van der Waals surface area contributed by atoms with Gasteiger partial charge in [0.05, 0.1) is 0 Å². The van der Waals surface area contributed by atoms with Crippen LogP contribution >= 0.6 is 0 Å². The Kier molecular flexibility index (Phi) is 4.49. The standard InChI is InChI=1S/C20H21N3/c1-15(23(2)3)16-4-6-17(7-5-16)18-8-10-19(11-9-18)20-12-21-14-22-13-20/h4-15H,1-3H3. The van der Waals surface area contributed by atoms with Crippen LogP contribution in [0.3, 0.4) is 0 Å². The van der Waals surface area contributed by atoms with Crippen molar-refractivity contribution in [3.63, 3.8) is 0 Å². The molecule has 1 atom stereocenters. The van der Waals surface area contributed by atoms with E-state index in [1.54, 1.807) is 6.33 Å². The molecule has 0 aliphatic carbocycles. The van der Waals surface area contributed by atoms with E-state index in [9.17, 15) is 0 Å². The molecule has 2 aromatic carbocycles. The van der Waals surface area contributed by atoms with Gasteiger partial charge < -0.3 is 4.90 Å². The van der Waals surface area contributed by atoms with Gasteiger partial charge in [0.25, 0.3) is 0 Å². The molecule has 0 saturated heterocycles. The third-order valence-corrected chi connectivity index (χ3v) is 4.28. The molecule has 3 heteroatoms. The average molecular weight is 303 g/mol. The normalized spacial score (nSPS) is 12.3. The molecule has 0 saturated carbocycles. The molecule has 0 fully saturated rings. The van der Waals surface area contributed by atoms with Gasteiger partial charge >= 0.3 is 0 Å². The predicted octanol–water partition coefficient (Wildman–Crippen LogP) is 4.43. The van der Waals surface area contributed by atoms with Gasteiger partial charge in [0.1, 0.15) is 6.33 Å². The van der Waals surface area contributed by atoms with E-state index in [2.05, 4.69) is 84.4 Å². The Morgan fingerprint density at radius 1 is 0.696 bits per heavy atom. The van der Waals surface area contributed by atoms with Crippen LogP contribution in [0.15, 0.2) is 67.3 Å². The van der Waals surface area contributed by atoms with E-state index < -0.39 is 0 Å². The molecule has 0 aliphatic heterocycles. The lowest BCUT2D eigenvalue weighted by Crippen LogP contribution is -2.16. The van der Waals surface area contributed by atoms with Crippen LogP contribution in [0.25, 0.3) is 22.3 Å². The molecule has 0 radical (unpaired) electrons. The van der Waals surface area contributed by atoms with Crippen LogP contribution in [0, 0.1) is 0 Å². The Morgan fingerprint density at radius 2 is 1.13 bits per heavy atom. The van der Waals surface area contributed by atoms with Crippen LogP contribution in [0.1, 0.15) is 18.5 Å². The lowest BCUT2D eigenvalue weighted by molar-refractivity contribution is 0.321. The summed E-state index contributed by atoms with van der Waals surface area (Å²) in [5, 5.41) is 0. The summed E-state index contributed by atoms with van der Waals surface area (Å²) in [6.45, 7) is 2.21. The molecule has 0 amide bonds. The smallest absolute Gasteiger partial charge is 0.115 e. The molecule has 116 valence electrons. The van der Waals surface area contributed by atoms with Crippen LogP contribution in [-0.2, 0) is 0 Å². The van der Waals surface area contributed by atoms with Crippen LogP contribution in [0.4, 0.5) is 0 Å². The number of hydrogen-bond donors (Lipinski definition) is 0. The summed E-state index contributed by atoms with van der Waals surface area (Å²) in [5.41, 5.74) is 5.95. The van der Waals surface area contributed by atoms with Gasteiger partial charge in [-0.25, -0.2) is 9.97 Å². The van der Waals surface area contributed by atoms with Crippen molar-refractivity contribution >= 4 is 0 Å². The lowest BCUT2D eigenvalue weighted by Gasteiger charge is -2.20. The average Bonchev–Trinajstić information content (AvgIpc) is 2.62. The van der Waals surface area contributed by atoms with E-state index in [1.165, 1.54) is 16.7 Å². The quantitative estimate of drug-likeness (QED) is 0.714. The van der Waals surface area contributed by atoms with E-state index in [0.29, 0.717) is 6.04 Å². The van der Waals surface area contributed by atoms with E-state index in [4.69, 9.17) is 0 Å². The third kappa shape index (κ3) is 3.46. The fourth-order valence-corrected chi connectivity index (χ4v) is 2.56. The summed E-state index contributed by atoms with van der Waals surface area (Å²) in [7, 11) is 4.20. The molecule has 0 bridgehead atoms. The molecule has 1 unspecified atom stereocenters. The minimum absolute atomic E-state index is 0.421. The second-order valence-electron chi connectivity index (χ2n) is 5.97. The Hall–Kier alpha value is -2.52. The summed E-state index contributed by atoms with van der Waals surface area (Å²) < 4.78 is 0. The maximum absolute atomic E-state index is 4.07. The lowest BCUT2D eigenvalue weighted by atomic mass is 9.99.